The normalized spacial score (nSPS) is 11.5. The van der Waals surface area contributed by atoms with E-state index in [0.717, 1.165) is 38.8 Å². The van der Waals surface area contributed by atoms with Gasteiger partial charge in [0.05, 0.1) is 11.7 Å². The van der Waals surface area contributed by atoms with E-state index in [1.54, 1.807) is 0 Å². The van der Waals surface area contributed by atoms with Gasteiger partial charge in [0.1, 0.15) is 5.65 Å². The Kier molecular flexibility index (Phi) is 2.55. The third kappa shape index (κ3) is 1.82. The molecule has 0 aliphatic heterocycles. The summed E-state index contributed by atoms with van der Waals surface area (Å²) in [6.07, 6.45) is 3.69. The van der Waals surface area contributed by atoms with E-state index in [1.165, 1.54) is 0 Å². The average molecular weight is 277 g/mol. The van der Waals surface area contributed by atoms with Gasteiger partial charge < -0.3 is 10.7 Å². The maximum absolute atomic E-state index is 5.72. The summed E-state index contributed by atoms with van der Waals surface area (Å²) in [5.41, 5.74) is 11.0. The zero-order valence-electron chi connectivity index (χ0n) is 11.7. The standard InChI is InChI=1S/C16H15N5/c1-21-15-12(9-19-21)8-18-16-13(15)6-14(20-16)11-4-2-3-10(5-11)7-17/h2-6,8-9H,7,17H2,1H3,(H,18,20). The van der Waals surface area contributed by atoms with Gasteiger partial charge in [-0.15, -0.1) is 0 Å². The molecule has 0 saturated heterocycles. The average Bonchev–Trinajstić information content (AvgIpc) is 3.10. The van der Waals surface area contributed by atoms with Crippen LogP contribution in [0.5, 0.6) is 0 Å². The number of nitrogens with two attached hydrogens (primary N) is 1. The van der Waals surface area contributed by atoms with Crippen LogP contribution in [0.4, 0.5) is 0 Å². The number of benzene rings is 1. The molecule has 4 aromatic rings. The Balaban J connectivity index is 1.97. The largest absolute Gasteiger partial charge is 0.339 e. The van der Waals surface area contributed by atoms with Crippen molar-refractivity contribution in [1.29, 1.82) is 0 Å². The lowest BCUT2D eigenvalue weighted by molar-refractivity contribution is 0.799. The van der Waals surface area contributed by atoms with Crippen LogP contribution in [0.2, 0.25) is 0 Å². The Morgan fingerprint density at radius 2 is 2.14 bits per heavy atom. The quantitative estimate of drug-likeness (QED) is 0.591. The molecule has 4 rings (SSSR count). The van der Waals surface area contributed by atoms with Crippen LogP contribution >= 0.6 is 0 Å². The number of pyridine rings is 1. The number of aryl methyl sites for hydroxylation is 1. The molecule has 0 amide bonds. The fraction of sp³-hybridized carbons (Fsp3) is 0.125. The molecule has 0 unspecified atom stereocenters. The SMILES string of the molecule is Cn1ncc2cnc3[nH]c(-c4cccc(CN)c4)cc3c21. The Morgan fingerprint density at radius 3 is 3.00 bits per heavy atom. The monoisotopic (exact) mass is 277 g/mol. The van der Waals surface area contributed by atoms with Gasteiger partial charge in [-0.3, -0.25) is 4.68 Å². The first-order valence-corrected chi connectivity index (χ1v) is 6.85. The molecule has 0 aliphatic carbocycles. The van der Waals surface area contributed by atoms with E-state index in [2.05, 4.69) is 33.3 Å². The Hall–Kier alpha value is -2.66. The first-order chi connectivity index (χ1) is 10.3. The van der Waals surface area contributed by atoms with Crippen LogP contribution < -0.4 is 5.73 Å². The summed E-state index contributed by atoms with van der Waals surface area (Å²) >= 11 is 0. The molecule has 5 nitrogen and oxygen atoms in total. The predicted molar refractivity (Wildman–Crippen MR) is 83.7 cm³/mol. The van der Waals surface area contributed by atoms with E-state index >= 15 is 0 Å². The molecule has 0 aliphatic rings. The van der Waals surface area contributed by atoms with Crippen LogP contribution in [0.25, 0.3) is 33.2 Å². The minimum Gasteiger partial charge on any atom is -0.339 e. The van der Waals surface area contributed by atoms with Crippen molar-refractivity contribution in [2.45, 2.75) is 6.54 Å². The number of hydrogen-bond donors (Lipinski definition) is 2. The van der Waals surface area contributed by atoms with Crippen molar-refractivity contribution in [2.24, 2.45) is 12.8 Å². The van der Waals surface area contributed by atoms with Gasteiger partial charge in [0.2, 0.25) is 0 Å². The smallest absolute Gasteiger partial charge is 0.139 e. The van der Waals surface area contributed by atoms with Gasteiger partial charge >= 0.3 is 0 Å². The van der Waals surface area contributed by atoms with E-state index in [0.29, 0.717) is 6.54 Å². The summed E-state index contributed by atoms with van der Waals surface area (Å²) < 4.78 is 1.88. The minimum atomic E-state index is 0.540. The van der Waals surface area contributed by atoms with Crippen LogP contribution in [0.15, 0.2) is 42.7 Å². The highest BCUT2D eigenvalue weighted by Gasteiger charge is 2.10. The minimum absolute atomic E-state index is 0.540. The third-order valence-corrected chi connectivity index (χ3v) is 3.83. The summed E-state index contributed by atoms with van der Waals surface area (Å²) in [5, 5.41) is 6.43. The summed E-state index contributed by atoms with van der Waals surface area (Å²) in [7, 11) is 1.95. The molecule has 0 saturated carbocycles. The topological polar surface area (TPSA) is 72.5 Å². The highest BCUT2D eigenvalue weighted by molar-refractivity contribution is 6.04. The number of nitrogens with zero attached hydrogens (tertiary/aromatic N) is 3. The van der Waals surface area contributed by atoms with E-state index in [-0.39, 0.29) is 0 Å². The van der Waals surface area contributed by atoms with Crippen LogP contribution in [0, 0.1) is 0 Å². The number of aromatic nitrogens is 4. The summed E-state index contributed by atoms with van der Waals surface area (Å²) in [6, 6.07) is 10.4. The van der Waals surface area contributed by atoms with E-state index in [9.17, 15) is 0 Å². The molecule has 0 fully saturated rings. The molecule has 3 heterocycles. The van der Waals surface area contributed by atoms with E-state index < -0.39 is 0 Å². The molecule has 0 bridgehead atoms. The fourth-order valence-electron chi connectivity index (χ4n) is 2.76. The second-order valence-corrected chi connectivity index (χ2v) is 5.18. The van der Waals surface area contributed by atoms with Gasteiger partial charge in [-0.2, -0.15) is 5.10 Å². The van der Waals surface area contributed by atoms with Crippen molar-refractivity contribution in [1.82, 2.24) is 19.7 Å². The molecule has 1 aromatic carbocycles. The first-order valence-electron chi connectivity index (χ1n) is 6.85. The van der Waals surface area contributed by atoms with Crippen molar-refractivity contribution in [3.05, 3.63) is 48.3 Å². The number of fused-ring (bicyclic) bond motifs is 3. The van der Waals surface area contributed by atoms with Crippen molar-refractivity contribution in [3.63, 3.8) is 0 Å². The van der Waals surface area contributed by atoms with Gasteiger partial charge in [0.25, 0.3) is 0 Å². The molecule has 104 valence electrons. The molecular formula is C16H15N5. The molecule has 0 spiro atoms. The zero-order valence-corrected chi connectivity index (χ0v) is 11.7. The summed E-state index contributed by atoms with van der Waals surface area (Å²) in [6.45, 7) is 0.540. The second kappa shape index (κ2) is 4.43. The predicted octanol–water partition coefficient (Wildman–Crippen LogP) is 2.58. The summed E-state index contributed by atoms with van der Waals surface area (Å²) in [4.78, 5) is 7.86. The highest BCUT2D eigenvalue weighted by atomic mass is 15.2. The van der Waals surface area contributed by atoms with Gasteiger partial charge in [-0.25, -0.2) is 4.98 Å². The van der Waals surface area contributed by atoms with Gasteiger partial charge in [0.15, 0.2) is 0 Å². The number of H-pyrrole nitrogens is 1. The molecule has 3 N–H and O–H groups in total. The molecule has 5 heteroatoms. The lowest BCUT2D eigenvalue weighted by atomic mass is 10.1. The first kappa shape index (κ1) is 12.1. The lowest BCUT2D eigenvalue weighted by Crippen LogP contribution is -1.95. The summed E-state index contributed by atoms with van der Waals surface area (Å²) in [5.74, 6) is 0. The highest BCUT2D eigenvalue weighted by Crippen LogP contribution is 2.28. The molecular weight excluding hydrogens is 262 g/mol. The van der Waals surface area contributed by atoms with Crippen LogP contribution in [0.3, 0.4) is 0 Å². The lowest BCUT2D eigenvalue weighted by Gasteiger charge is -2.00. The Labute approximate surface area is 121 Å². The Morgan fingerprint density at radius 1 is 1.24 bits per heavy atom. The molecule has 3 aromatic heterocycles. The number of hydrogen-bond acceptors (Lipinski definition) is 3. The fourth-order valence-corrected chi connectivity index (χ4v) is 2.76. The second-order valence-electron chi connectivity index (χ2n) is 5.18. The van der Waals surface area contributed by atoms with Crippen LogP contribution in [-0.4, -0.2) is 19.7 Å². The van der Waals surface area contributed by atoms with E-state index in [1.807, 2.05) is 36.3 Å². The zero-order chi connectivity index (χ0) is 14.4. The van der Waals surface area contributed by atoms with Gasteiger partial charge in [-0.05, 0) is 23.3 Å². The third-order valence-electron chi connectivity index (χ3n) is 3.83. The Bertz CT molecular complexity index is 948. The molecule has 0 radical (unpaired) electrons. The van der Waals surface area contributed by atoms with Crippen molar-refractivity contribution in [2.75, 3.05) is 0 Å². The van der Waals surface area contributed by atoms with Crippen LogP contribution in [0.1, 0.15) is 5.56 Å². The van der Waals surface area contributed by atoms with Crippen LogP contribution in [-0.2, 0) is 13.6 Å². The molecule has 21 heavy (non-hydrogen) atoms. The van der Waals surface area contributed by atoms with Crippen molar-refractivity contribution >= 4 is 21.9 Å². The number of aromatic amines is 1. The van der Waals surface area contributed by atoms with E-state index in [4.69, 9.17) is 5.73 Å². The van der Waals surface area contributed by atoms with Gasteiger partial charge in [-0.1, -0.05) is 18.2 Å². The van der Waals surface area contributed by atoms with Crippen molar-refractivity contribution < 1.29 is 0 Å². The maximum Gasteiger partial charge on any atom is 0.139 e. The van der Waals surface area contributed by atoms with Gasteiger partial charge in [0, 0.05) is 36.3 Å². The number of nitrogens with one attached hydrogen (secondary N) is 1. The van der Waals surface area contributed by atoms with Crippen molar-refractivity contribution in [3.8, 4) is 11.3 Å². The maximum atomic E-state index is 5.72. The molecule has 0 atom stereocenters. The number of rotatable bonds is 2.